The lowest BCUT2D eigenvalue weighted by Crippen LogP contribution is -2.30. The minimum absolute atomic E-state index is 0.00252. The number of hydrogen-bond acceptors (Lipinski definition) is 5. The van der Waals surface area contributed by atoms with Crippen LogP contribution in [0.4, 0.5) is 10.1 Å². The van der Waals surface area contributed by atoms with Gasteiger partial charge in [0.15, 0.2) is 6.10 Å². The van der Waals surface area contributed by atoms with Gasteiger partial charge in [0.1, 0.15) is 17.1 Å². The molecule has 0 aliphatic carbocycles. The number of carbonyl (C=O) groups excluding carboxylic acids is 2. The predicted octanol–water partition coefficient (Wildman–Crippen LogP) is 4.73. The number of halogens is 2. The summed E-state index contributed by atoms with van der Waals surface area (Å²) in [5.41, 5.74) is 1.29. The first-order valence-corrected chi connectivity index (χ1v) is 8.72. The molecule has 146 valence electrons. The van der Waals surface area contributed by atoms with Crippen LogP contribution in [0.25, 0.3) is 11.0 Å². The van der Waals surface area contributed by atoms with Crippen LogP contribution in [0.1, 0.15) is 23.0 Å². The molecule has 0 radical (unpaired) electrons. The molecular weight excluding hydrogens is 389 g/mol. The van der Waals surface area contributed by atoms with Crippen molar-refractivity contribution in [2.24, 2.45) is 0 Å². The lowest BCUT2D eigenvalue weighted by molar-refractivity contribution is -0.123. The van der Waals surface area contributed by atoms with Crippen LogP contribution in [0.3, 0.4) is 0 Å². The van der Waals surface area contributed by atoms with Gasteiger partial charge in [-0.2, -0.15) is 0 Å². The fraction of sp³-hybridized carbons (Fsp3) is 0.200. The molecule has 1 heterocycles. The van der Waals surface area contributed by atoms with Crippen molar-refractivity contribution in [2.45, 2.75) is 20.0 Å². The second-order valence-electron chi connectivity index (χ2n) is 6.08. The van der Waals surface area contributed by atoms with Gasteiger partial charge < -0.3 is 19.2 Å². The van der Waals surface area contributed by atoms with Crippen molar-refractivity contribution >= 4 is 40.1 Å². The number of rotatable bonds is 5. The Morgan fingerprint density at radius 1 is 1.21 bits per heavy atom. The van der Waals surface area contributed by atoms with Crippen molar-refractivity contribution in [1.82, 2.24) is 0 Å². The topological polar surface area (TPSA) is 77.8 Å². The van der Waals surface area contributed by atoms with Gasteiger partial charge in [0, 0.05) is 10.9 Å². The molecule has 0 fully saturated rings. The summed E-state index contributed by atoms with van der Waals surface area (Å²) in [6, 6.07) is 8.69. The molecule has 3 aromatic rings. The molecule has 0 bridgehead atoms. The molecule has 0 spiro atoms. The number of nitrogens with one attached hydrogen (secondary N) is 1. The van der Waals surface area contributed by atoms with Gasteiger partial charge in [-0.15, -0.1) is 0 Å². The number of benzene rings is 2. The highest BCUT2D eigenvalue weighted by molar-refractivity contribution is 6.33. The Morgan fingerprint density at radius 3 is 2.64 bits per heavy atom. The molecule has 0 saturated carbocycles. The number of hydrogen-bond donors (Lipinski definition) is 1. The number of aryl methyl sites for hydroxylation is 1. The standard InChI is InChI=1S/C20H17ClFNO5/c1-10-14-9-13(26-3)5-7-17(14)28-18(10)20(25)27-11(2)19(24)23-16-6-4-12(22)8-15(16)21/h4-9,11H,1-3H3,(H,23,24)/t11-/m0/s1. The molecule has 2 aromatic carbocycles. The minimum atomic E-state index is -1.13. The Morgan fingerprint density at radius 2 is 1.96 bits per heavy atom. The van der Waals surface area contributed by atoms with E-state index in [1.54, 1.807) is 32.2 Å². The Bertz CT molecular complexity index is 1060. The maximum Gasteiger partial charge on any atom is 0.375 e. The van der Waals surface area contributed by atoms with Gasteiger partial charge in [0.25, 0.3) is 5.91 Å². The molecule has 0 unspecified atom stereocenters. The van der Waals surface area contributed by atoms with E-state index in [1.165, 1.54) is 13.0 Å². The molecule has 8 heteroatoms. The van der Waals surface area contributed by atoms with Crippen LogP contribution < -0.4 is 10.1 Å². The van der Waals surface area contributed by atoms with Crippen LogP contribution in [0.5, 0.6) is 5.75 Å². The molecule has 0 aliphatic rings. The number of furan rings is 1. The number of anilines is 1. The van der Waals surface area contributed by atoms with Crippen molar-refractivity contribution in [3.8, 4) is 5.75 Å². The third-order valence-corrected chi connectivity index (χ3v) is 4.48. The van der Waals surface area contributed by atoms with Gasteiger partial charge in [-0.1, -0.05) is 11.6 Å². The van der Waals surface area contributed by atoms with Crippen LogP contribution in [0, 0.1) is 12.7 Å². The fourth-order valence-electron chi connectivity index (χ4n) is 2.61. The van der Waals surface area contributed by atoms with Crippen LogP contribution in [0.2, 0.25) is 5.02 Å². The Balaban J connectivity index is 1.74. The van der Waals surface area contributed by atoms with Crippen LogP contribution >= 0.6 is 11.6 Å². The summed E-state index contributed by atoms with van der Waals surface area (Å²) < 4.78 is 29.0. The Labute approximate surface area is 165 Å². The van der Waals surface area contributed by atoms with Crippen molar-refractivity contribution < 1.29 is 27.9 Å². The fourth-order valence-corrected chi connectivity index (χ4v) is 2.83. The van der Waals surface area contributed by atoms with E-state index in [1.807, 2.05) is 0 Å². The maximum atomic E-state index is 13.1. The van der Waals surface area contributed by atoms with Crippen molar-refractivity contribution in [3.05, 3.63) is 58.6 Å². The highest BCUT2D eigenvalue weighted by atomic mass is 35.5. The van der Waals surface area contributed by atoms with E-state index in [9.17, 15) is 14.0 Å². The number of fused-ring (bicyclic) bond motifs is 1. The van der Waals surface area contributed by atoms with Gasteiger partial charge in [-0.25, -0.2) is 9.18 Å². The lowest BCUT2D eigenvalue weighted by atomic mass is 10.1. The summed E-state index contributed by atoms with van der Waals surface area (Å²) in [4.78, 5) is 24.7. The normalized spacial score (nSPS) is 11.9. The molecule has 1 amide bonds. The molecule has 0 aliphatic heterocycles. The maximum absolute atomic E-state index is 13.1. The SMILES string of the molecule is COc1ccc2oc(C(=O)O[C@@H](C)C(=O)Nc3ccc(F)cc3Cl)c(C)c2c1. The quantitative estimate of drug-likeness (QED) is 0.621. The largest absolute Gasteiger partial charge is 0.497 e. The molecule has 6 nitrogen and oxygen atoms in total. The third kappa shape index (κ3) is 3.94. The van der Waals surface area contributed by atoms with Gasteiger partial charge in [-0.05, 0) is 50.2 Å². The smallest absolute Gasteiger partial charge is 0.375 e. The van der Waals surface area contributed by atoms with Crippen LogP contribution in [-0.2, 0) is 9.53 Å². The first kappa shape index (κ1) is 19.7. The monoisotopic (exact) mass is 405 g/mol. The first-order chi connectivity index (χ1) is 13.3. The van der Waals surface area contributed by atoms with E-state index in [4.69, 9.17) is 25.5 Å². The number of amides is 1. The number of carbonyl (C=O) groups is 2. The van der Waals surface area contributed by atoms with Crippen LogP contribution in [0.15, 0.2) is 40.8 Å². The molecule has 0 saturated heterocycles. The predicted molar refractivity (Wildman–Crippen MR) is 102 cm³/mol. The number of esters is 1. The van der Waals surface area contributed by atoms with Gasteiger partial charge in [0.2, 0.25) is 5.76 Å². The minimum Gasteiger partial charge on any atom is -0.497 e. The second-order valence-corrected chi connectivity index (χ2v) is 6.49. The van der Waals surface area contributed by atoms with Crippen molar-refractivity contribution in [1.29, 1.82) is 0 Å². The zero-order chi connectivity index (χ0) is 20.4. The number of methoxy groups -OCH3 is 1. The molecule has 1 aromatic heterocycles. The summed E-state index contributed by atoms with van der Waals surface area (Å²) in [6.45, 7) is 3.12. The van der Waals surface area contributed by atoms with Gasteiger partial charge >= 0.3 is 5.97 Å². The van der Waals surface area contributed by atoms with Gasteiger partial charge in [0.05, 0.1) is 17.8 Å². The van der Waals surface area contributed by atoms with E-state index >= 15 is 0 Å². The van der Waals surface area contributed by atoms with Gasteiger partial charge in [-0.3, -0.25) is 4.79 Å². The molecule has 1 N–H and O–H groups in total. The second kappa shape index (κ2) is 7.90. The Hall–Kier alpha value is -3.06. The summed E-state index contributed by atoms with van der Waals surface area (Å²) in [7, 11) is 1.54. The molecule has 3 rings (SSSR count). The summed E-state index contributed by atoms with van der Waals surface area (Å²) >= 11 is 5.88. The zero-order valence-corrected chi connectivity index (χ0v) is 16.1. The number of ether oxygens (including phenoxy) is 2. The molecular formula is C20H17ClFNO5. The average Bonchev–Trinajstić information content (AvgIpc) is 3.00. The average molecular weight is 406 g/mol. The first-order valence-electron chi connectivity index (χ1n) is 8.34. The van der Waals surface area contributed by atoms with Crippen molar-refractivity contribution in [2.75, 3.05) is 12.4 Å². The summed E-state index contributed by atoms with van der Waals surface area (Å²) in [6.07, 6.45) is -1.13. The third-order valence-electron chi connectivity index (χ3n) is 4.17. The Kier molecular flexibility index (Phi) is 5.56. The lowest BCUT2D eigenvalue weighted by Gasteiger charge is -2.13. The summed E-state index contributed by atoms with van der Waals surface area (Å²) in [5.74, 6) is -1.29. The van der Waals surface area contributed by atoms with E-state index in [2.05, 4.69) is 5.32 Å². The van der Waals surface area contributed by atoms with Crippen molar-refractivity contribution in [3.63, 3.8) is 0 Å². The highest BCUT2D eigenvalue weighted by Gasteiger charge is 2.25. The van der Waals surface area contributed by atoms with E-state index in [0.29, 0.717) is 22.3 Å². The molecule has 28 heavy (non-hydrogen) atoms. The highest BCUT2D eigenvalue weighted by Crippen LogP contribution is 2.29. The van der Waals surface area contributed by atoms with E-state index < -0.39 is 23.8 Å². The molecule has 1 atom stereocenters. The van der Waals surface area contributed by atoms with Crippen LogP contribution in [-0.4, -0.2) is 25.1 Å². The summed E-state index contributed by atoms with van der Waals surface area (Å²) in [5, 5.41) is 3.23. The zero-order valence-electron chi connectivity index (χ0n) is 15.3. The van der Waals surface area contributed by atoms with E-state index in [-0.39, 0.29) is 16.5 Å². The van der Waals surface area contributed by atoms with E-state index in [0.717, 1.165) is 12.1 Å².